The molecule has 102 valence electrons. The van der Waals surface area contributed by atoms with Gasteiger partial charge < -0.3 is 5.73 Å². The lowest BCUT2D eigenvalue weighted by molar-refractivity contribution is 0.143. The molecule has 0 atom stereocenters. The van der Waals surface area contributed by atoms with Crippen LogP contribution in [0.5, 0.6) is 0 Å². The summed E-state index contributed by atoms with van der Waals surface area (Å²) in [6.07, 6.45) is 0. The van der Waals surface area contributed by atoms with E-state index in [9.17, 15) is 0 Å². The van der Waals surface area contributed by atoms with Crippen LogP contribution >= 0.6 is 23.7 Å². The Labute approximate surface area is 121 Å². The summed E-state index contributed by atoms with van der Waals surface area (Å²) in [5.74, 6) is 0.144. The van der Waals surface area contributed by atoms with Gasteiger partial charge in [-0.25, -0.2) is 5.48 Å². The molecule has 0 aliphatic rings. The van der Waals surface area contributed by atoms with Crippen LogP contribution in [0.15, 0.2) is 29.3 Å². The maximum absolute atomic E-state index is 5.55. The zero-order chi connectivity index (χ0) is 13.0. The minimum atomic E-state index is 0. The van der Waals surface area contributed by atoms with Crippen molar-refractivity contribution >= 4 is 34.8 Å². The third kappa shape index (κ3) is 3.88. The van der Waals surface area contributed by atoms with Gasteiger partial charge in [-0.2, -0.15) is 4.99 Å². The molecular formula is C11H14ClN5OS. The largest absolute Gasteiger partial charge is 0.368 e. The van der Waals surface area contributed by atoms with E-state index in [1.165, 1.54) is 18.4 Å². The van der Waals surface area contributed by atoms with Crippen molar-refractivity contribution in [3.8, 4) is 10.6 Å². The molecule has 0 aliphatic carbocycles. The Balaban J connectivity index is 0.00000180. The molecule has 0 spiro atoms. The number of hydroxylamine groups is 1. The van der Waals surface area contributed by atoms with Crippen LogP contribution in [0.3, 0.4) is 0 Å². The van der Waals surface area contributed by atoms with Crippen LogP contribution in [0.2, 0.25) is 0 Å². The van der Waals surface area contributed by atoms with Crippen LogP contribution in [0, 0.1) is 6.92 Å². The molecule has 1 aromatic heterocycles. The third-order valence-electron chi connectivity index (χ3n) is 2.21. The van der Waals surface area contributed by atoms with Crippen LogP contribution in [-0.2, 0) is 4.84 Å². The highest BCUT2D eigenvalue weighted by atomic mass is 35.5. The Morgan fingerprint density at radius 1 is 1.37 bits per heavy atom. The van der Waals surface area contributed by atoms with Gasteiger partial charge in [-0.05, 0) is 12.5 Å². The molecule has 8 heteroatoms. The van der Waals surface area contributed by atoms with Crippen molar-refractivity contribution in [3.63, 3.8) is 0 Å². The molecule has 0 unspecified atom stereocenters. The topological polar surface area (TPSA) is 85.4 Å². The number of hydrogen-bond acceptors (Lipinski definition) is 5. The molecule has 1 aromatic carbocycles. The van der Waals surface area contributed by atoms with Gasteiger partial charge in [-0.1, -0.05) is 35.6 Å². The minimum absolute atomic E-state index is 0. The predicted octanol–water partition coefficient (Wildman–Crippen LogP) is 2.03. The molecule has 2 rings (SSSR count). The molecule has 0 bridgehead atoms. The first kappa shape index (κ1) is 15.4. The molecule has 0 aliphatic heterocycles. The first-order chi connectivity index (χ1) is 8.70. The summed E-state index contributed by atoms with van der Waals surface area (Å²) in [6, 6.07) is 7.98. The highest BCUT2D eigenvalue weighted by Gasteiger charge is 2.08. The summed E-state index contributed by atoms with van der Waals surface area (Å²) >= 11 is 1.37. The normalized spacial score (nSPS) is 10.9. The van der Waals surface area contributed by atoms with Gasteiger partial charge in [0.05, 0.1) is 7.11 Å². The van der Waals surface area contributed by atoms with E-state index in [0.717, 1.165) is 16.1 Å². The standard InChI is InChI=1S/C11H13N5OS.ClH/c1-7-5-3-4-6-8(7)9-14-15-11(18-9)13-10(12)16-17-2;/h3-6H,1-2H3,(H3,12,13,15,16);1H. The first-order valence-electron chi connectivity index (χ1n) is 5.23. The Morgan fingerprint density at radius 2 is 2.11 bits per heavy atom. The average molecular weight is 300 g/mol. The van der Waals surface area contributed by atoms with E-state index in [0.29, 0.717) is 5.13 Å². The number of benzene rings is 1. The van der Waals surface area contributed by atoms with Gasteiger partial charge in [0.15, 0.2) is 0 Å². The number of nitrogens with two attached hydrogens (primary N) is 1. The number of hydrogen-bond donors (Lipinski definition) is 2. The summed E-state index contributed by atoms with van der Waals surface area (Å²) in [5, 5.41) is 9.36. The van der Waals surface area contributed by atoms with Crippen molar-refractivity contribution < 1.29 is 4.84 Å². The fourth-order valence-corrected chi connectivity index (χ4v) is 2.23. The third-order valence-corrected chi connectivity index (χ3v) is 3.06. The van der Waals surface area contributed by atoms with Crippen molar-refractivity contribution in [2.45, 2.75) is 6.92 Å². The summed E-state index contributed by atoms with van der Waals surface area (Å²) in [4.78, 5) is 8.66. The second-order valence-corrected chi connectivity index (χ2v) is 4.46. The number of nitrogens with one attached hydrogen (secondary N) is 1. The Hall–Kier alpha value is -1.70. The van der Waals surface area contributed by atoms with Crippen LogP contribution in [-0.4, -0.2) is 23.3 Å². The lowest BCUT2D eigenvalue weighted by atomic mass is 10.1. The highest BCUT2D eigenvalue weighted by Crippen LogP contribution is 2.29. The van der Waals surface area contributed by atoms with Crippen molar-refractivity contribution in [3.05, 3.63) is 29.8 Å². The van der Waals surface area contributed by atoms with E-state index in [1.807, 2.05) is 31.2 Å². The monoisotopic (exact) mass is 299 g/mol. The summed E-state index contributed by atoms with van der Waals surface area (Å²) in [6.45, 7) is 2.03. The van der Waals surface area contributed by atoms with E-state index in [4.69, 9.17) is 5.73 Å². The molecule has 0 saturated heterocycles. The molecule has 6 nitrogen and oxygen atoms in total. The van der Waals surface area contributed by atoms with E-state index in [1.54, 1.807) is 0 Å². The van der Waals surface area contributed by atoms with Crippen LogP contribution in [0.25, 0.3) is 10.6 Å². The summed E-state index contributed by atoms with van der Waals surface area (Å²) in [5.41, 5.74) is 10.2. The van der Waals surface area contributed by atoms with Crippen LogP contribution < -0.4 is 11.2 Å². The number of aryl methyl sites for hydroxylation is 1. The van der Waals surface area contributed by atoms with Crippen LogP contribution in [0.1, 0.15) is 5.56 Å². The SMILES string of the molecule is CONC(N)=Nc1nnc(-c2ccccc2C)s1.Cl. The van der Waals surface area contributed by atoms with Gasteiger partial charge in [-0.3, -0.25) is 4.84 Å². The van der Waals surface area contributed by atoms with Gasteiger partial charge in [0.2, 0.25) is 11.1 Å². The molecule has 1 heterocycles. The molecule has 3 N–H and O–H groups in total. The second-order valence-electron chi connectivity index (χ2n) is 3.51. The first-order valence-corrected chi connectivity index (χ1v) is 6.05. The smallest absolute Gasteiger partial charge is 0.235 e. The fourth-order valence-electron chi connectivity index (χ4n) is 1.41. The molecule has 0 fully saturated rings. The zero-order valence-electron chi connectivity index (χ0n) is 10.5. The van der Waals surface area contributed by atoms with Crippen molar-refractivity contribution in [1.29, 1.82) is 0 Å². The molecular weight excluding hydrogens is 286 g/mol. The lowest BCUT2D eigenvalue weighted by Gasteiger charge is -1.99. The number of guanidine groups is 1. The lowest BCUT2D eigenvalue weighted by Crippen LogP contribution is -2.29. The Bertz CT molecular complexity index is 572. The van der Waals surface area contributed by atoms with Gasteiger partial charge in [-0.15, -0.1) is 22.6 Å². The molecule has 0 radical (unpaired) electrons. The quantitative estimate of drug-likeness (QED) is 0.514. The number of rotatable bonds is 3. The highest BCUT2D eigenvalue weighted by molar-refractivity contribution is 7.18. The minimum Gasteiger partial charge on any atom is -0.368 e. The molecule has 0 amide bonds. The van der Waals surface area contributed by atoms with E-state index in [2.05, 4.69) is 25.5 Å². The van der Waals surface area contributed by atoms with Crippen molar-refractivity contribution in [1.82, 2.24) is 15.7 Å². The molecule has 2 aromatic rings. The van der Waals surface area contributed by atoms with Crippen LogP contribution in [0.4, 0.5) is 5.13 Å². The van der Waals surface area contributed by atoms with Gasteiger partial charge in [0, 0.05) is 5.56 Å². The Morgan fingerprint density at radius 3 is 2.79 bits per heavy atom. The van der Waals surface area contributed by atoms with Gasteiger partial charge in [0.1, 0.15) is 5.01 Å². The maximum atomic E-state index is 5.55. The number of aliphatic imine (C=N–C) groups is 1. The molecule has 0 saturated carbocycles. The maximum Gasteiger partial charge on any atom is 0.235 e. The molecule has 19 heavy (non-hydrogen) atoms. The fraction of sp³-hybridized carbons (Fsp3) is 0.182. The van der Waals surface area contributed by atoms with Crippen molar-refractivity contribution in [2.24, 2.45) is 10.7 Å². The average Bonchev–Trinajstić information content (AvgIpc) is 2.78. The van der Waals surface area contributed by atoms with Crippen molar-refractivity contribution in [2.75, 3.05) is 7.11 Å². The number of nitrogens with zero attached hydrogens (tertiary/aromatic N) is 3. The Kier molecular flexibility index (Phi) is 5.68. The van der Waals surface area contributed by atoms with E-state index in [-0.39, 0.29) is 18.4 Å². The number of halogens is 1. The van der Waals surface area contributed by atoms with Gasteiger partial charge in [0.25, 0.3) is 0 Å². The number of aromatic nitrogens is 2. The second kappa shape index (κ2) is 7.03. The van der Waals surface area contributed by atoms with E-state index < -0.39 is 0 Å². The van der Waals surface area contributed by atoms with Gasteiger partial charge >= 0.3 is 0 Å². The zero-order valence-corrected chi connectivity index (χ0v) is 12.1. The summed E-state index contributed by atoms with van der Waals surface area (Å²) < 4.78 is 0. The summed E-state index contributed by atoms with van der Waals surface area (Å²) in [7, 11) is 1.46. The predicted molar refractivity (Wildman–Crippen MR) is 78.8 cm³/mol. The van der Waals surface area contributed by atoms with E-state index >= 15 is 0 Å².